The van der Waals surface area contributed by atoms with Crippen LogP contribution < -0.4 is 4.90 Å². The molecular formula is C9H14NO+. The lowest BCUT2D eigenvalue weighted by Crippen LogP contribution is -3.04. The zero-order chi connectivity index (χ0) is 8.27. The average molecular weight is 152 g/mol. The Morgan fingerprint density at radius 1 is 1.27 bits per heavy atom. The van der Waals surface area contributed by atoms with Crippen molar-refractivity contribution in [1.82, 2.24) is 0 Å². The summed E-state index contributed by atoms with van der Waals surface area (Å²) in [5, 5.41) is 9.35. The highest BCUT2D eigenvalue weighted by Crippen LogP contribution is 2.13. The van der Waals surface area contributed by atoms with E-state index in [0.717, 1.165) is 12.1 Å². The fraction of sp³-hybridized carbons (Fsp3) is 0.333. The maximum atomic E-state index is 9.35. The van der Waals surface area contributed by atoms with Gasteiger partial charge in [-0.15, -0.1) is 0 Å². The first-order valence-corrected chi connectivity index (χ1v) is 3.76. The maximum absolute atomic E-state index is 9.35. The summed E-state index contributed by atoms with van der Waals surface area (Å²) >= 11 is 0. The van der Waals surface area contributed by atoms with E-state index in [1.165, 1.54) is 4.90 Å². The minimum Gasteiger partial charge on any atom is -0.507 e. The van der Waals surface area contributed by atoms with Crippen molar-refractivity contribution in [2.24, 2.45) is 0 Å². The molecule has 0 aliphatic carbocycles. The van der Waals surface area contributed by atoms with Gasteiger partial charge in [-0.1, -0.05) is 12.1 Å². The Labute approximate surface area is 67.1 Å². The number of hydrogen-bond donors (Lipinski definition) is 2. The van der Waals surface area contributed by atoms with Crippen molar-refractivity contribution in [3.05, 3.63) is 29.8 Å². The zero-order valence-corrected chi connectivity index (χ0v) is 6.96. The normalized spacial score (nSPS) is 10.5. The first kappa shape index (κ1) is 8.08. The Morgan fingerprint density at radius 2 is 1.91 bits per heavy atom. The van der Waals surface area contributed by atoms with Crippen LogP contribution in [0.1, 0.15) is 5.56 Å². The van der Waals surface area contributed by atoms with Gasteiger partial charge in [0.05, 0.1) is 14.1 Å². The van der Waals surface area contributed by atoms with Crippen LogP contribution in [0.5, 0.6) is 5.75 Å². The van der Waals surface area contributed by atoms with E-state index >= 15 is 0 Å². The Kier molecular flexibility index (Phi) is 2.49. The van der Waals surface area contributed by atoms with Crippen LogP contribution in [-0.2, 0) is 6.54 Å². The molecule has 0 saturated heterocycles. The molecule has 2 N–H and O–H groups in total. The first-order chi connectivity index (χ1) is 5.20. The van der Waals surface area contributed by atoms with Crippen LogP contribution in [0.3, 0.4) is 0 Å². The number of rotatable bonds is 2. The van der Waals surface area contributed by atoms with Gasteiger partial charge in [0, 0.05) is 5.56 Å². The molecule has 0 saturated carbocycles. The Hall–Kier alpha value is -1.02. The number of phenols is 1. The summed E-state index contributed by atoms with van der Waals surface area (Å²) in [4.78, 5) is 1.31. The lowest BCUT2D eigenvalue weighted by molar-refractivity contribution is -0.872. The minimum absolute atomic E-state index is 0.397. The smallest absolute Gasteiger partial charge is 0.124 e. The number of phenolic OH excluding ortho intramolecular Hbond substituents is 1. The molecule has 2 heteroatoms. The van der Waals surface area contributed by atoms with Crippen LogP contribution in [0, 0.1) is 0 Å². The summed E-state index contributed by atoms with van der Waals surface area (Å²) in [6.45, 7) is 0.868. The molecule has 0 radical (unpaired) electrons. The second kappa shape index (κ2) is 3.39. The van der Waals surface area contributed by atoms with Crippen LogP contribution in [0.25, 0.3) is 0 Å². The topological polar surface area (TPSA) is 24.7 Å². The van der Waals surface area contributed by atoms with E-state index in [2.05, 4.69) is 14.1 Å². The van der Waals surface area contributed by atoms with Crippen molar-refractivity contribution in [2.45, 2.75) is 6.54 Å². The summed E-state index contributed by atoms with van der Waals surface area (Å²) in [5.74, 6) is 0.397. The highest BCUT2D eigenvalue weighted by molar-refractivity contribution is 5.30. The summed E-state index contributed by atoms with van der Waals surface area (Å²) < 4.78 is 0. The lowest BCUT2D eigenvalue weighted by Gasteiger charge is -2.07. The van der Waals surface area contributed by atoms with Gasteiger partial charge in [-0.2, -0.15) is 0 Å². The fourth-order valence-electron chi connectivity index (χ4n) is 1.04. The predicted molar refractivity (Wildman–Crippen MR) is 44.6 cm³/mol. The van der Waals surface area contributed by atoms with Gasteiger partial charge in [-0.05, 0) is 12.1 Å². The molecule has 0 amide bonds. The van der Waals surface area contributed by atoms with Crippen molar-refractivity contribution in [2.75, 3.05) is 14.1 Å². The Balaban J connectivity index is 2.78. The molecule has 0 spiro atoms. The molecule has 0 aliphatic rings. The van der Waals surface area contributed by atoms with Crippen LogP contribution in [0.4, 0.5) is 0 Å². The first-order valence-electron chi connectivity index (χ1n) is 3.76. The van der Waals surface area contributed by atoms with Gasteiger partial charge in [-0.3, -0.25) is 0 Å². The van der Waals surface area contributed by atoms with Gasteiger partial charge < -0.3 is 10.0 Å². The molecule has 0 heterocycles. The van der Waals surface area contributed by atoms with E-state index in [4.69, 9.17) is 0 Å². The molecule has 0 aliphatic heterocycles. The number of nitrogens with one attached hydrogen (secondary N) is 1. The summed E-state index contributed by atoms with van der Waals surface area (Å²) in [7, 11) is 4.12. The van der Waals surface area contributed by atoms with Gasteiger partial charge >= 0.3 is 0 Å². The monoisotopic (exact) mass is 152 g/mol. The molecule has 0 unspecified atom stereocenters. The number of aromatic hydroxyl groups is 1. The third kappa shape index (κ3) is 2.24. The zero-order valence-electron chi connectivity index (χ0n) is 6.96. The second-order valence-electron chi connectivity index (χ2n) is 3.01. The van der Waals surface area contributed by atoms with E-state index in [1.807, 2.05) is 18.2 Å². The number of benzene rings is 1. The molecule has 0 atom stereocenters. The third-order valence-corrected chi connectivity index (χ3v) is 1.54. The number of para-hydroxylation sites is 1. The van der Waals surface area contributed by atoms with E-state index in [-0.39, 0.29) is 0 Å². The molecule has 0 bridgehead atoms. The van der Waals surface area contributed by atoms with Gasteiger partial charge in [0.15, 0.2) is 0 Å². The molecule has 1 rings (SSSR count). The number of quaternary nitrogens is 1. The van der Waals surface area contributed by atoms with Crippen LogP contribution in [0.2, 0.25) is 0 Å². The predicted octanol–water partition coefficient (Wildman–Crippen LogP) is 0.0367. The van der Waals surface area contributed by atoms with Crippen LogP contribution >= 0.6 is 0 Å². The van der Waals surface area contributed by atoms with E-state index in [1.54, 1.807) is 6.07 Å². The van der Waals surface area contributed by atoms with Crippen molar-refractivity contribution < 1.29 is 10.0 Å². The van der Waals surface area contributed by atoms with E-state index in [9.17, 15) is 5.11 Å². The van der Waals surface area contributed by atoms with Crippen molar-refractivity contribution in [1.29, 1.82) is 0 Å². The lowest BCUT2D eigenvalue weighted by atomic mass is 10.2. The van der Waals surface area contributed by atoms with Crippen molar-refractivity contribution in [3.8, 4) is 5.75 Å². The number of hydrogen-bond acceptors (Lipinski definition) is 1. The molecule has 0 fully saturated rings. The van der Waals surface area contributed by atoms with Gasteiger partial charge in [0.25, 0.3) is 0 Å². The molecule has 1 aromatic rings. The Morgan fingerprint density at radius 3 is 2.45 bits per heavy atom. The molecule has 11 heavy (non-hydrogen) atoms. The van der Waals surface area contributed by atoms with Gasteiger partial charge in [0.1, 0.15) is 12.3 Å². The van der Waals surface area contributed by atoms with E-state index in [0.29, 0.717) is 5.75 Å². The third-order valence-electron chi connectivity index (χ3n) is 1.54. The van der Waals surface area contributed by atoms with Gasteiger partial charge in [-0.25, -0.2) is 0 Å². The largest absolute Gasteiger partial charge is 0.507 e. The van der Waals surface area contributed by atoms with Gasteiger partial charge in [0.2, 0.25) is 0 Å². The summed E-state index contributed by atoms with van der Waals surface area (Å²) in [5.41, 5.74) is 1.01. The Bertz CT molecular complexity index is 233. The highest BCUT2D eigenvalue weighted by atomic mass is 16.3. The SMILES string of the molecule is C[NH+](C)Cc1ccccc1O. The molecular weight excluding hydrogens is 138 g/mol. The maximum Gasteiger partial charge on any atom is 0.124 e. The molecule has 60 valence electrons. The highest BCUT2D eigenvalue weighted by Gasteiger charge is 2.01. The second-order valence-corrected chi connectivity index (χ2v) is 3.01. The standard InChI is InChI=1S/C9H13NO/c1-10(2)7-8-5-3-4-6-9(8)11/h3-6,11H,7H2,1-2H3/p+1. The van der Waals surface area contributed by atoms with Crippen molar-refractivity contribution in [3.63, 3.8) is 0 Å². The minimum atomic E-state index is 0.397. The summed E-state index contributed by atoms with van der Waals surface area (Å²) in [6, 6.07) is 7.45. The quantitative estimate of drug-likeness (QED) is 0.614. The average Bonchev–Trinajstić information content (AvgIpc) is 1.93. The molecule has 1 aromatic carbocycles. The molecule has 0 aromatic heterocycles. The molecule has 2 nitrogen and oxygen atoms in total. The van der Waals surface area contributed by atoms with E-state index < -0.39 is 0 Å². The van der Waals surface area contributed by atoms with Crippen LogP contribution in [0.15, 0.2) is 24.3 Å². The fourth-order valence-corrected chi connectivity index (χ4v) is 1.04. The van der Waals surface area contributed by atoms with Crippen molar-refractivity contribution >= 4 is 0 Å². The summed E-state index contributed by atoms with van der Waals surface area (Å²) in [6.07, 6.45) is 0. The van der Waals surface area contributed by atoms with Crippen LogP contribution in [-0.4, -0.2) is 19.2 Å².